The third-order valence-corrected chi connectivity index (χ3v) is 6.88. The SMILES string of the molecule is CCC(C)NS(=O)(=O)c1ccc(C(=O)NC(c2ccc3c(c2)OCCO3)C(C)C)cc1. The van der Waals surface area contributed by atoms with Crippen molar-refractivity contribution in [1.82, 2.24) is 10.0 Å². The van der Waals surface area contributed by atoms with Gasteiger partial charge in [-0.1, -0.05) is 26.8 Å². The van der Waals surface area contributed by atoms with E-state index in [0.29, 0.717) is 36.7 Å². The number of hydrogen-bond acceptors (Lipinski definition) is 5. The van der Waals surface area contributed by atoms with Crippen LogP contribution in [0.4, 0.5) is 0 Å². The van der Waals surface area contributed by atoms with Gasteiger partial charge in [0.1, 0.15) is 13.2 Å². The predicted octanol–water partition coefficient (Wildman–Crippen LogP) is 3.66. The normalized spacial score (nSPS) is 15.4. The first-order valence-corrected chi connectivity index (χ1v) is 12.0. The Morgan fingerprint density at radius 3 is 2.26 bits per heavy atom. The van der Waals surface area contributed by atoms with Gasteiger partial charge in [-0.15, -0.1) is 0 Å². The lowest BCUT2D eigenvalue weighted by Crippen LogP contribution is -2.33. The van der Waals surface area contributed by atoms with Gasteiger partial charge >= 0.3 is 0 Å². The van der Waals surface area contributed by atoms with Gasteiger partial charge in [0.25, 0.3) is 5.91 Å². The van der Waals surface area contributed by atoms with Crippen molar-refractivity contribution in [3.8, 4) is 11.5 Å². The number of amides is 1. The second-order valence-electron chi connectivity index (χ2n) is 8.05. The zero-order valence-corrected chi connectivity index (χ0v) is 19.2. The van der Waals surface area contributed by atoms with E-state index in [9.17, 15) is 13.2 Å². The first-order valence-electron chi connectivity index (χ1n) is 10.5. The van der Waals surface area contributed by atoms with Gasteiger partial charge in [-0.2, -0.15) is 0 Å². The fourth-order valence-corrected chi connectivity index (χ4v) is 4.64. The molecule has 2 aromatic carbocycles. The molecule has 7 nitrogen and oxygen atoms in total. The molecule has 0 fully saturated rings. The number of ether oxygens (including phenoxy) is 2. The van der Waals surface area contributed by atoms with Crippen molar-refractivity contribution in [2.75, 3.05) is 13.2 Å². The maximum absolute atomic E-state index is 12.9. The molecule has 3 rings (SSSR count). The lowest BCUT2D eigenvalue weighted by molar-refractivity contribution is 0.0925. The second-order valence-corrected chi connectivity index (χ2v) is 9.77. The Labute approximate surface area is 184 Å². The van der Waals surface area contributed by atoms with Crippen LogP contribution in [0.3, 0.4) is 0 Å². The van der Waals surface area contributed by atoms with Crippen LogP contribution in [0, 0.1) is 5.92 Å². The lowest BCUT2D eigenvalue weighted by Gasteiger charge is -2.25. The Morgan fingerprint density at radius 2 is 1.65 bits per heavy atom. The third-order valence-electron chi connectivity index (χ3n) is 5.27. The molecule has 2 atom stereocenters. The van der Waals surface area contributed by atoms with Gasteiger partial charge < -0.3 is 14.8 Å². The molecule has 0 radical (unpaired) electrons. The number of sulfonamides is 1. The predicted molar refractivity (Wildman–Crippen MR) is 119 cm³/mol. The minimum atomic E-state index is -3.61. The maximum Gasteiger partial charge on any atom is 0.251 e. The summed E-state index contributed by atoms with van der Waals surface area (Å²) in [5, 5.41) is 3.06. The quantitative estimate of drug-likeness (QED) is 0.645. The monoisotopic (exact) mass is 446 g/mol. The molecule has 2 aromatic rings. The van der Waals surface area contributed by atoms with Gasteiger partial charge in [0.05, 0.1) is 10.9 Å². The molecule has 0 aliphatic carbocycles. The number of carbonyl (C=O) groups is 1. The van der Waals surface area contributed by atoms with E-state index in [1.54, 1.807) is 0 Å². The average molecular weight is 447 g/mol. The van der Waals surface area contributed by atoms with Crippen LogP contribution in [0.25, 0.3) is 0 Å². The largest absolute Gasteiger partial charge is 0.486 e. The number of rotatable bonds is 8. The van der Waals surface area contributed by atoms with Crippen LogP contribution in [0.2, 0.25) is 0 Å². The summed E-state index contributed by atoms with van der Waals surface area (Å²) in [6.45, 7) is 8.79. The van der Waals surface area contributed by atoms with Crippen molar-refractivity contribution < 1.29 is 22.7 Å². The Morgan fingerprint density at radius 1 is 1.00 bits per heavy atom. The van der Waals surface area contributed by atoms with E-state index in [4.69, 9.17) is 9.47 Å². The molecular weight excluding hydrogens is 416 g/mol. The summed E-state index contributed by atoms with van der Waals surface area (Å²) in [5.74, 6) is 1.23. The zero-order valence-electron chi connectivity index (χ0n) is 18.3. The molecule has 2 N–H and O–H groups in total. The van der Waals surface area contributed by atoms with E-state index in [0.717, 1.165) is 5.56 Å². The molecule has 1 amide bonds. The molecule has 0 saturated carbocycles. The molecule has 0 saturated heterocycles. The van der Waals surface area contributed by atoms with Gasteiger partial charge in [0.15, 0.2) is 11.5 Å². The Balaban J connectivity index is 1.76. The first-order chi connectivity index (χ1) is 14.7. The fraction of sp³-hybridized carbons (Fsp3) is 0.435. The number of carbonyl (C=O) groups excluding carboxylic acids is 1. The fourth-order valence-electron chi connectivity index (χ4n) is 3.31. The standard InChI is InChI=1S/C23H30N2O5S/c1-5-16(4)25-31(27,28)19-9-6-17(7-10-19)23(26)24-22(15(2)3)18-8-11-20-21(14-18)30-13-12-29-20/h6-11,14-16,22,25H,5,12-13H2,1-4H3,(H,24,26). The Kier molecular flexibility index (Phi) is 7.23. The molecule has 1 heterocycles. The average Bonchev–Trinajstić information content (AvgIpc) is 2.76. The van der Waals surface area contributed by atoms with E-state index in [1.807, 2.05) is 45.9 Å². The van der Waals surface area contributed by atoms with Gasteiger partial charge in [0.2, 0.25) is 10.0 Å². The van der Waals surface area contributed by atoms with Crippen LogP contribution in [0.5, 0.6) is 11.5 Å². The smallest absolute Gasteiger partial charge is 0.251 e. The third kappa shape index (κ3) is 5.57. The van der Waals surface area contributed by atoms with Crippen LogP contribution in [0.15, 0.2) is 47.4 Å². The van der Waals surface area contributed by atoms with Crippen LogP contribution in [-0.4, -0.2) is 33.6 Å². The van der Waals surface area contributed by atoms with Gasteiger partial charge in [0, 0.05) is 11.6 Å². The highest BCUT2D eigenvalue weighted by Gasteiger charge is 2.23. The molecule has 0 aromatic heterocycles. The Bertz CT molecular complexity index is 1020. The zero-order chi connectivity index (χ0) is 22.6. The maximum atomic E-state index is 12.9. The van der Waals surface area contributed by atoms with Crippen molar-refractivity contribution in [3.63, 3.8) is 0 Å². The summed E-state index contributed by atoms with van der Waals surface area (Å²) in [5.41, 5.74) is 1.32. The Hall–Kier alpha value is -2.58. The van der Waals surface area contributed by atoms with E-state index in [-0.39, 0.29) is 28.8 Å². The van der Waals surface area contributed by atoms with Gasteiger partial charge in [-0.3, -0.25) is 4.79 Å². The summed E-state index contributed by atoms with van der Waals surface area (Å²) in [4.78, 5) is 13.0. The highest BCUT2D eigenvalue weighted by atomic mass is 32.2. The van der Waals surface area contributed by atoms with Crippen LogP contribution in [-0.2, 0) is 10.0 Å². The van der Waals surface area contributed by atoms with E-state index in [2.05, 4.69) is 10.0 Å². The molecule has 1 aliphatic rings. The summed E-state index contributed by atoms with van der Waals surface area (Å²) in [7, 11) is -3.61. The number of hydrogen-bond donors (Lipinski definition) is 2. The van der Waals surface area contributed by atoms with Gasteiger partial charge in [-0.25, -0.2) is 13.1 Å². The van der Waals surface area contributed by atoms with Crippen LogP contribution >= 0.6 is 0 Å². The van der Waals surface area contributed by atoms with Crippen molar-refractivity contribution >= 4 is 15.9 Å². The number of fused-ring (bicyclic) bond motifs is 1. The molecule has 0 bridgehead atoms. The van der Waals surface area contributed by atoms with Crippen LogP contribution in [0.1, 0.15) is 56.1 Å². The molecule has 2 unspecified atom stereocenters. The number of nitrogens with one attached hydrogen (secondary N) is 2. The molecule has 0 spiro atoms. The molecule has 8 heteroatoms. The lowest BCUT2D eigenvalue weighted by atomic mass is 9.95. The molecule has 168 valence electrons. The number of benzene rings is 2. The molecule has 1 aliphatic heterocycles. The van der Waals surface area contributed by atoms with Crippen molar-refractivity contribution in [2.24, 2.45) is 5.92 Å². The summed E-state index contributed by atoms with van der Waals surface area (Å²) in [6.07, 6.45) is 0.691. The van der Waals surface area contributed by atoms with Crippen molar-refractivity contribution in [2.45, 2.75) is 51.1 Å². The summed E-state index contributed by atoms with van der Waals surface area (Å²) >= 11 is 0. The topological polar surface area (TPSA) is 93.7 Å². The summed E-state index contributed by atoms with van der Waals surface area (Å²) in [6, 6.07) is 11.2. The highest BCUT2D eigenvalue weighted by molar-refractivity contribution is 7.89. The van der Waals surface area contributed by atoms with E-state index < -0.39 is 10.0 Å². The summed E-state index contributed by atoms with van der Waals surface area (Å²) < 4.78 is 38.7. The first kappa shape index (κ1) is 23.1. The van der Waals surface area contributed by atoms with E-state index in [1.165, 1.54) is 24.3 Å². The van der Waals surface area contributed by atoms with Gasteiger partial charge in [-0.05, 0) is 61.2 Å². The van der Waals surface area contributed by atoms with Crippen molar-refractivity contribution in [3.05, 3.63) is 53.6 Å². The second kappa shape index (κ2) is 9.70. The molecule has 31 heavy (non-hydrogen) atoms. The molecular formula is C23H30N2O5S. The van der Waals surface area contributed by atoms with Crippen molar-refractivity contribution in [1.29, 1.82) is 0 Å². The van der Waals surface area contributed by atoms with E-state index >= 15 is 0 Å². The highest BCUT2D eigenvalue weighted by Crippen LogP contribution is 2.34. The van der Waals surface area contributed by atoms with Crippen LogP contribution < -0.4 is 19.5 Å². The minimum Gasteiger partial charge on any atom is -0.486 e. The minimum absolute atomic E-state index is 0.130.